The van der Waals surface area contributed by atoms with Crippen molar-refractivity contribution in [3.05, 3.63) is 0 Å². The first kappa shape index (κ1) is 13.7. The van der Waals surface area contributed by atoms with Crippen molar-refractivity contribution in [3.63, 3.8) is 0 Å². The molecule has 0 aromatic rings. The summed E-state index contributed by atoms with van der Waals surface area (Å²) in [5.74, 6) is 1.30. The van der Waals surface area contributed by atoms with Crippen LogP contribution in [-0.4, -0.2) is 29.8 Å². The highest BCUT2D eigenvalue weighted by atomic mass is 32.2. The zero-order chi connectivity index (χ0) is 12.4. The fourth-order valence-electron chi connectivity index (χ4n) is 1.73. The number of nitrogens with one attached hydrogen (secondary N) is 1. The summed E-state index contributed by atoms with van der Waals surface area (Å²) in [5.41, 5.74) is -1.51. The first-order chi connectivity index (χ1) is 7.22. The zero-order valence-corrected chi connectivity index (χ0v) is 10.1. The predicted octanol–water partition coefficient (Wildman–Crippen LogP) is 2.56. The maximum Gasteiger partial charge on any atom is 0.401 e. The molecule has 1 heterocycles. The van der Waals surface area contributed by atoms with E-state index in [1.54, 1.807) is 0 Å². The standard InChI is InChI=1S/C10H15F3N2S/c1-8(2)3-4-16-7-9(8,5-14)15-6-10(11,12)13/h15H,3-4,6-7H2,1-2H3. The van der Waals surface area contributed by atoms with Crippen LogP contribution in [0.25, 0.3) is 0 Å². The number of thioether (sulfide) groups is 1. The minimum Gasteiger partial charge on any atom is -0.290 e. The molecule has 0 bridgehead atoms. The van der Waals surface area contributed by atoms with Crippen molar-refractivity contribution in [2.75, 3.05) is 18.1 Å². The van der Waals surface area contributed by atoms with Crippen LogP contribution in [0.1, 0.15) is 20.3 Å². The Morgan fingerprint density at radius 3 is 2.50 bits per heavy atom. The lowest BCUT2D eigenvalue weighted by molar-refractivity contribution is -0.129. The van der Waals surface area contributed by atoms with Crippen LogP contribution in [-0.2, 0) is 0 Å². The molecule has 0 spiro atoms. The van der Waals surface area contributed by atoms with Crippen LogP contribution in [0, 0.1) is 16.7 Å². The Bertz CT molecular complexity index is 295. The average molecular weight is 252 g/mol. The highest BCUT2D eigenvalue weighted by Crippen LogP contribution is 2.42. The normalized spacial score (nSPS) is 29.8. The highest BCUT2D eigenvalue weighted by Gasteiger charge is 2.49. The molecular formula is C10H15F3N2S. The molecule has 1 fully saturated rings. The third-order valence-electron chi connectivity index (χ3n) is 3.13. The molecular weight excluding hydrogens is 237 g/mol. The Labute approximate surface area is 97.6 Å². The van der Waals surface area contributed by atoms with Crippen molar-refractivity contribution in [2.24, 2.45) is 5.41 Å². The van der Waals surface area contributed by atoms with Gasteiger partial charge in [0.1, 0.15) is 5.54 Å². The first-order valence-corrected chi connectivity index (χ1v) is 6.19. The number of alkyl halides is 3. The molecule has 1 atom stereocenters. The molecule has 1 N–H and O–H groups in total. The molecule has 0 saturated carbocycles. The second kappa shape index (κ2) is 4.46. The average Bonchev–Trinajstić information content (AvgIpc) is 2.15. The molecule has 6 heteroatoms. The van der Waals surface area contributed by atoms with Crippen molar-refractivity contribution in [1.29, 1.82) is 5.26 Å². The van der Waals surface area contributed by atoms with E-state index in [0.29, 0.717) is 5.75 Å². The van der Waals surface area contributed by atoms with Crippen LogP contribution < -0.4 is 5.32 Å². The van der Waals surface area contributed by atoms with Gasteiger partial charge < -0.3 is 0 Å². The summed E-state index contributed by atoms with van der Waals surface area (Å²) < 4.78 is 36.6. The summed E-state index contributed by atoms with van der Waals surface area (Å²) in [4.78, 5) is 0. The molecule has 0 radical (unpaired) electrons. The van der Waals surface area contributed by atoms with Crippen molar-refractivity contribution in [3.8, 4) is 6.07 Å². The second-order valence-electron chi connectivity index (χ2n) is 4.67. The lowest BCUT2D eigenvalue weighted by Gasteiger charge is -2.45. The molecule has 92 valence electrons. The van der Waals surface area contributed by atoms with E-state index in [0.717, 1.165) is 12.2 Å². The summed E-state index contributed by atoms with van der Waals surface area (Å²) >= 11 is 1.53. The Morgan fingerprint density at radius 1 is 1.44 bits per heavy atom. The number of nitrogens with zero attached hydrogens (tertiary/aromatic N) is 1. The highest BCUT2D eigenvalue weighted by molar-refractivity contribution is 7.99. The Morgan fingerprint density at radius 2 is 2.06 bits per heavy atom. The molecule has 0 aromatic carbocycles. The van der Waals surface area contributed by atoms with Crippen molar-refractivity contribution in [1.82, 2.24) is 5.32 Å². The van der Waals surface area contributed by atoms with E-state index in [1.807, 2.05) is 19.9 Å². The van der Waals surface area contributed by atoms with Crippen LogP contribution >= 0.6 is 11.8 Å². The number of halogens is 3. The van der Waals surface area contributed by atoms with E-state index in [2.05, 4.69) is 5.32 Å². The van der Waals surface area contributed by atoms with Gasteiger partial charge in [-0.2, -0.15) is 30.2 Å². The summed E-state index contributed by atoms with van der Waals surface area (Å²) in [6.07, 6.45) is -3.53. The molecule has 0 aromatic heterocycles. The van der Waals surface area contributed by atoms with Gasteiger partial charge in [-0.3, -0.25) is 5.32 Å². The van der Waals surface area contributed by atoms with Gasteiger partial charge >= 0.3 is 6.18 Å². The number of nitriles is 1. The Balaban J connectivity index is 2.80. The van der Waals surface area contributed by atoms with Gasteiger partial charge in [-0.25, -0.2) is 0 Å². The molecule has 1 saturated heterocycles. The monoisotopic (exact) mass is 252 g/mol. The third kappa shape index (κ3) is 2.83. The van der Waals surface area contributed by atoms with E-state index < -0.39 is 23.7 Å². The Kier molecular flexibility index (Phi) is 3.80. The van der Waals surface area contributed by atoms with Crippen LogP contribution in [0.4, 0.5) is 13.2 Å². The summed E-state index contributed by atoms with van der Waals surface area (Å²) in [5, 5.41) is 11.6. The maximum absolute atomic E-state index is 12.2. The molecule has 16 heavy (non-hydrogen) atoms. The summed E-state index contributed by atoms with van der Waals surface area (Å²) in [6.45, 7) is 2.59. The van der Waals surface area contributed by atoms with Gasteiger partial charge in [0.05, 0.1) is 12.6 Å². The Hall–Kier alpha value is -0.410. The number of hydrogen-bond donors (Lipinski definition) is 1. The van der Waals surface area contributed by atoms with Crippen molar-refractivity contribution in [2.45, 2.75) is 32.0 Å². The van der Waals surface area contributed by atoms with Gasteiger partial charge in [0.15, 0.2) is 0 Å². The second-order valence-corrected chi connectivity index (χ2v) is 5.78. The molecule has 1 unspecified atom stereocenters. The van der Waals surface area contributed by atoms with Crippen LogP contribution in [0.2, 0.25) is 0 Å². The van der Waals surface area contributed by atoms with E-state index in [-0.39, 0.29) is 0 Å². The quantitative estimate of drug-likeness (QED) is 0.820. The van der Waals surface area contributed by atoms with Gasteiger partial charge in [-0.1, -0.05) is 13.8 Å². The SMILES string of the molecule is CC1(C)CCSCC1(C#N)NCC(F)(F)F. The fraction of sp³-hybridized carbons (Fsp3) is 0.900. The van der Waals surface area contributed by atoms with E-state index in [4.69, 9.17) is 0 Å². The smallest absolute Gasteiger partial charge is 0.290 e. The molecule has 2 nitrogen and oxygen atoms in total. The summed E-state index contributed by atoms with van der Waals surface area (Å²) in [7, 11) is 0. The van der Waals surface area contributed by atoms with Crippen LogP contribution in [0.15, 0.2) is 0 Å². The first-order valence-electron chi connectivity index (χ1n) is 5.03. The van der Waals surface area contributed by atoms with E-state index in [1.165, 1.54) is 11.8 Å². The van der Waals surface area contributed by atoms with E-state index in [9.17, 15) is 18.4 Å². The molecule has 0 amide bonds. The van der Waals surface area contributed by atoms with E-state index >= 15 is 0 Å². The zero-order valence-electron chi connectivity index (χ0n) is 9.32. The van der Waals surface area contributed by atoms with Gasteiger partial charge in [0.25, 0.3) is 0 Å². The van der Waals surface area contributed by atoms with Gasteiger partial charge in [0.2, 0.25) is 0 Å². The topological polar surface area (TPSA) is 35.8 Å². The van der Waals surface area contributed by atoms with Crippen LogP contribution in [0.5, 0.6) is 0 Å². The van der Waals surface area contributed by atoms with Crippen molar-refractivity contribution >= 4 is 11.8 Å². The van der Waals surface area contributed by atoms with Gasteiger partial charge in [0, 0.05) is 5.75 Å². The number of hydrogen-bond acceptors (Lipinski definition) is 3. The third-order valence-corrected chi connectivity index (χ3v) is 4.26. The number of rotatable bonds is 2. The molecule has 1 aliphatic rings. The molecule has 1 aliphatic heterocycles. The largest absolute Gasteiger partial charge is 0.401 e. The fourth-order valence-corrected chi connectivity index (χ4v) is 3.39. The lowest BCUT2D eigenvalue weighted by Crippen LogP contribution is -2.60. The molecule has 1 rings (SSSR count). The minimum absolute atomic E-state index is 0.409. The molecule has 0 aliphatic carbocycles. The van der Waals surface area contributed by atoms with Crippen LogP contribution in [0.3, 0.4) is 0 Å². The lowest BCUT2D eigenvalue weighted by atomic mass is 9.71. The maximum atomic E-state index is 12.2. The van der Waals surface area contributed by atoms with Crippen molar-refractivity contribution < 1.29 is 13.2 Å². The minimum atomic E-state index is -4.28. The summed E-state index contributed by atoms with van der Waals surface area (Å²) in [6, 6.07) is 2.05. The van der Waals surface area contributed by atoms with Gasteiger partial charge in [-0.15, -0.1) is 0 Å². The van der Waals surface area contributed by atoms with Gasteiger partial charge in [-0.05, 0) is 17.6 Å². The predicted molar refractivity (Wildman–Crippen MR) is 58.1 cm³/mol.